The summed E-state index contributed by atoms with van der Waals surface area (Å²) in [6.45, 7) is 7.25. The summed E-state index contributed by atoms with van der Waals surface area (Å²) in [6, 6.07) is 15.2. The summed E-state index contributed by atoms with van der Waals surface area (Å²) in [6.07, 6.45) is 0. The lowest BCUT2D eigenvalue weighted by molar-refractivity contribution is 0.0471. The molecule has 2 aromatic rings. The average molecular weight is 389 g/mol. The van der Waals surface area contributed by atoms with Gasteiger partial charge in [0.1, 0.15) is 11.4 Å². The van der Waals surface area contributed by atoms with Crippen molar-refractivity contribution in [3.8, 4) is 11.8 Å². The molecule has 0 aromatic heterocycles. The summed E-state index contributed by atoms with van der Waals surface area (Å²) < 4.78 is 6.26. The number of carbonyl (C=O) groups excluding carboxylic acids is 1. The van der Waals surface area contributed by atoms with Crippen LogP contribution in [0.2, 0.25) is 0 Å². The summed E-state index contributed by atoms with van der Waals surface area (Å²) in [5, 5.41) is 9.41. The predicted molar refractivity (Wildman–Crippen MR) is 109 cm³/mol. The third kappa shape index (κ3) is 3.29. The minimum atomic E-state index is -0.657. The maximum absolute atomic E-state index is 13.3. The van der Waals surface area contributed by atoms with Crippen LogP contribution in [-0.4, -0.2) is 29.6 Å². The number of benzene rings is 2. The molecule has 1 amide bonds. The Labute approximate surface area is 170 Å². The summed E-state index contributed by atoms with van der Waals surface area (Å²) >= 11 is 0. The van der Waals surface area contributed by atoms with E-state index in [2.05, 4.69) is 11.5 Å². The van der Waals surface area contributed by atoms with Crippen molar-refractivity contribution in [3.63, 3.8) is 0 Å². The Bertz CT molecular complexity index is 1050. The number of hydroxylamine groups is 1. The second kappa shape index (κ2) is 7.36. The number of hydrogen-bond donors (Lipinski definition) is 1. The van der Waals surface area contributed by atoms with Gasteiger partial charge in [-0.15, -0.1) is 0 Å². The van der Waals surface area contributed by atoms with Crippen LogP contribution in [-0.2, 0) is 11.4 Å². The standard InChI is InChI=1S/C23H23N3O3/c1-4-28-25-13-19-21(26-14-16-7-5-6-8-17(16)22(26)27)18-11-15(12-24)9-10-20(18)29-23(19,2)3/h5-11,25H,4,13-14H2,1-3H3. The van der Waals surface area contributed by atoms with Gasteiger partial charge in [0.15, 0.2) is 0 Å². The number of nitriles is 1. The highest BCUT2D eigenvalue weighted by Gasteiger charge is 2.41. The molecule has 0 spiro atoms. The Morgan fingerprint density at radius 3 is 2.76 bits per heavy atom. The number of nitrogens with one attached hydrogen (secondary N) is 1. The van der Waals surface area contributed by atoms with Gasteiger partial charge >= 0.3 is 0 Å². The third-order valence-electron chi connectivity index (χ3n) is 5.33. The van der Waals surface area contributed by atoms with Crippen molar-refractivity contribution in [1.29, 1.82) is 5.26 Å². The highest BCUT2D eigenvalue weighted by Crippen LogP contribution is 2.44. The fourth-order valence-corrected chi connectivity index (χ4v) is 3.92. The second-order valence-electron chi connectivity index (χ2n) is 7.56. The summed E-state index contributed by atoms with van der Waals surface area (Å²) in [7, 11) is 0. The van der Waals surface area contributed by atoms with E-state index in [0.29, 0.717) is 36.6 Å². The van der Waals surface area contributed by atoms with Crippen molar-refractivity contribution in [2.45, 2.75) is 32.9 Å². The minimum absolute atomic E-state index is 0.0458. The van der Waals surface area contributed by atoms with Crippen molar-refractivity contribution in [2.75, 3.05) is 13.2 Å². The van der Waals surface area contributed by atoms with E-state index < -0.39 is 5.60 Å². The molecule has 0 atom stereocenters. The normalized spacial score (nSPS) is 16.9. The molecule has 0 aliphatic carbocycles. The molecule has 2 aromatic carbocycles. The fraction of sp³-hybridized carbons (Fsp3) is 0.304. The molecule has 0 saturated heterocycles. The second-order valence-corrected chi connectivity index (χ2v) is 7.56. The maximum atomic E-state index is 13.3. The first-order valence-electron chi connectivity index (χ1n) is 9.68. The number of nitrogens with zero attached hydrogens (tertiary/aromatic N) is 2. The molecular weight excluding hydrogens is 366 g/mol. The summed E-state index contributed by atoms with van der Waals surface area (Å²) in [5.74, 6) is 0.614. The van der Waals surface area contributed by atoms with Crippen LogP contribution >= 0.6 is 0 Å². The quantitative estimate of drug-likeness (QED) is 0.624. The van der Waals surface area contributed by atoms with Crippen molar-refractivity contribution < 1.29 is 14.4 Å². The molecule has 0 radical (unpaired) electrons. The molecule has 6 heteroatoms. The first-order valence-corrected chi connectivity index (χ1v) is 9.68. The molecule has 4 rings (SSSR count). The van der Waals surface area contributed by atoms with Gasteiger partial charge in [-0.2, -0.15) is 10.7 Å². The number of rotatable bonds is 5. The Balaban J connectivity index is 1.89. The lowest BCUT2D eigenvalue weighted by Gasteiger charge is -2.39. The Morgan fingerprint density at radius 1 is 1.24 bits per heavy atom. The molecule has 0 saturated carbocycles. The van der Waals surface area contributed by atoms with E-state index in [0.717, 1.165) is 22.4 Å². The Hall–Kier alpha value is -3.14. The smallest absolute Gasteiger partial charge is 0.258 e. The van der Waals surface area contributed by atoms with Crippen LogP contribution in [0.5, 0.6) is 5.75 Å². The van der Waals surface area contributed by atoms with Crippen LogP contribution < -0.4 is 10.2 Å². The van der Waals surface area contributed by atoms with Crippen LogP contribution in [0, 0.1) is 11.3 Å². The van der Waals surface area contributed by atoms with Crippen LogP contribution in [0.1, 0.15) is 47.8 Å². The molecule has 0 fully saturated rings. The number of ether oxygens (including phenoxy) is 1. The molecule has 6 nitrogen and oxygen atoms in total. The van der Waals surface area contributed by atoms with Gasteiger partial charge in [-0.1, -0.05) is 18.2 Å². The molecule has 148 valence electrons. The number of fused-ring (bicyclic) bond motifs is 2. The van der Waals surface area contributed by atoms with Crippen molar-refractivity contribution in [3.05, 3.63) is 70.3 Å². The lowest BCUT2D eigenvalue weighted by Crippen LogP contribution is -2.42. The van der Waals surface area contributed by atoms with E-state index in [-0.39, 0.29) is 5.91 Å². The summed E-state index contributed by atoms with van der Waals surface area (Å²) in [5.41, 5.74) is 6.95. The SMILES string of the molecule is CCONCC1=C(N2Cc3ccccc3C2=O)c2cc(C#N)ccc2OC1(C)C. The molecular formula is C23H23N3O3. The van der Waals surface area contributed by atoms with Crippen molar-refractivity contribution in [1.82, 2.24) is 10.4 Å². The third-order valence-corrected chi connectivity index (χ3v) is 5.33. The van der Waals surface area contributed by atoms with Gasteiger partial charge in [-0.3, -0.25) is 4.79 Å². The average Bonchev–Trinajstić information content (AvgIpc) is 3.04. The van der Waals surface area contributed by atoms with E-state index >= 15 is 0 Å². The number of amides is 1. The molecule has 2 heterocycles. The van der Waals surface area contributed by atoms with E-state index in [1.807, 2.05) is 45.0 Å². The minimum Gasteiger partial charge on any atom is -0.483 e. The zero-order valence-electron chi connectivity index (χ0n) is 16.8. The van der Waals surface area contributed by atoms with Crippen LogP contribution in [0.3, 0.4) is 0 Å². The van der Waals surface area contributed by atoms with E-state index in [4.69, 9.17) is 9.57 Å². The maximum Gasteiger partial charge on any atom is 0.258 e. The first-order chi connectivity index (χ1) is 14.0. The Kier molecular flexibility index (Phi) is 4.87. The zero-order chi connectivity index (χ0) is 20.6. The molecule has 0 bridgehead atoms. The molecule has 0 unspecified atom stereocenters. The molecule has 29 heavy (non-hydrogen) atoms. The van der Waals surface area contributed by atoms with Gasteiger partial charge in [-0.05, 0) is 50.6 Å². The van der Waals surface area contributed by atoms with Crippen LogP contribution in [0.25, 0.3) is 5.70 Å². The summed E-state index contributed by atoms with van der Waals surface area (Å²) in [4.78, 5) is 20.4. The predicted octanol–water partition coefficient (Wildman–Crippen LogP) is 3.64. The highest BCUT2D eigenvalue weighted by atomic mass is 16.6. The molecule has 2 aliphatic heterocycles. The van der Waals surface area contributed by atoms with Gasteiger partial charge in [0.25, 0.3) is 5.91 Å². The lowest BCUT2D eigenvalue weighted by atomic mass is 9.88. The largest absolute Gasteiger partial charge is 0.483 e. The van der Waals surface area contributed by atoms with Crippen molar-refractivity contribution in [2.24, 2.45) is 0 Å². The zero-order valence-corrected chi connectivity index (χ0v) is 16.8. The fourth-order valence-electron chi connectivity index (χ4n) is 3.92. The van der Waals surface area contributed by atoms with Gasteiger partial charge in [0.05, 0.1) is 30.5 Å². The topological polar surface area (TPSA) is 74.6 Å². The van der Waals surface area contributed by atoms with Crippen molar-refractivity contribution >= 4 is 11.6 Å². The van der Waals surface area contributed by atoms with Crippen LogP contribution in [0.4, 0.5) is 0 Å². The number of carbonyl (C=O) groups is 1. The van der Waals surface area contributed by atoms with E-state index in [1.54, 1.807) is 23.1 Å². The monoisotopic (exact) mass is 389 g/mol. The van der Waals surface area contributed by atoms with Crippen LogP contribution in [0.15, 0.2) is 48.0 Å². The van der Waals surface area contributed by atoms with Gasteiger partial charge < -0.3 is 14.5 Å². The molecule has 2 aliphatic rings. The highest BCUT2D eigenvalue weighted by molar-refractivity contribution is 6.04. The first kappa shape index (κ1) is 19.2. The van der Waals surface area contributed by atoms with Gasteiger partial charge in [0.2, 0.25) is 0 Å². The van der Waals surface area contributed by atoms with Gasteiger partial charge in [0, 0.05) is 23.2 Å². The molecule has 1 N–H and O–H groups in total. The van der Waals surface area contributed by atoms with Gasteiger partial charge in [-0.25, -0.2) is 0 Å². The Morgan fingerprint density at radius 2 is 2.03 bits per heavy atom. The number of hydrogen-bond acceptors (Lipinski definition) is 5. The van der Waals surface area contributed by atoms with E-state index in [1.165, 1.54) is 0 Å². The van der Waals surface area contributed by atoms with E-state index in [9.17, 15) is 10.1 Å².